The maximum atomic E-state index is 13.2. The minimum absolute atomic E-state index is 0.0560. The van der Waals surface area contributed by atoms with Crippen molar-refractivity contribution in [2.75, 3.05) is 57.2 Å². The number of amides is 1. The predicted octanol–water partition coefficient (Wildman–Crippen LogP) is 4.46. The number of ether oxygens (including phenoxy) is 1. The Balaban J connectivity index is 1.38. The summed E-state index contributed by atoms with van der Waals surface area (Å²) in [5, 5.41) is 1.03. The number of aromatic nitrogens is 2. The molecule has 1 aliphatic rings. The zero-order valence-electron chi connectivity index (χ0n) is 19.6. The molecule has 178 valence electrons. The first-order valence-electron chi connectivity index (χ1n) is 11.1. The molecule has 0 unspecified atom stereocenters. The average Bonchev–Trinajstić information content (AvgIpc) is 2.87. The highest BCUT2D eigenvalue weighted by atomic mass is 35.5. The van der Waals surface area contributed by atoms with Gasteiger partial charge in [-0.3, -0.25) is 4.79 Å². The van der Waals surface area contributed by atoms with Gasteiger partial charge in [0.15, 0.2) is 5.16 Å². The number of rotatable bonds is 7. The van der Waals surface area contributed by atoms with Gasteiger partial charge in [0.05, 0.1) is 12.8 Å². The summed E-state index contributed by atoms with van der Waals surface area (Å²) in [7, 11) is 5.51. The number of thioether (sulfide) groups is 1. The van der Waals surface area contributed by atoms with Crippen molar-refractivity contribution < 1.29 is 9.53 Å². The fraction of sp³-hybridized carbons (Fsp3) is 0.320. The molecule has 1 aromatic heterocycles. The van der Waals surface area contributed by atoms with E-state index in [-0.39, 0.29) is 5.91 Å². The normalized spacial score (nSPS) is 13.6. The van der Waals surface area contributed by atoms with Crippen molar-refractivity contribution in [1.82, 2.24) is 14.9 Å². The van der Waals surface area contributed by atoms with Gasteiger partial charge in [0.1, 0.15) is 16.7 Å². The summed E-state index contributed by atoms with van der Waals surface area (Å²) in [5.41, 5.74) is 2.81. The van der Waals surface area contributed by atoms with Crippen LogP contribution in [0.5, 0.6) is 5.75 Å². The number of carbonyl (C=O) groups excluding carboxylic acids is 1. The third-order valence-electron chi connectivity index (χ3n) is 5.65. The summed E-state index contributed by atoms with van der Waals surface area (Å²) in [6.45, 7) is 2.86. The van der Waals surface area contributed by atoms with E-state index in [1.54, 1.807) is 13.2 Å². The van der Waals surface area contributed by atoms with Crippen LogP contribution in [0.15, 0.2) is 59.8 Å². The van der Waals surface area contributed by atoms with Gasteiger partial charge in [0, 0.05) is 57.7 Å². The Labute approximate surface area is 209 Å². The van der Waals surface area contributed by atoms with Gasteiger partial charge in [-0.2, -0.15) is 0 Å². The first-order valence-corrected chi connectivity index (χ1v) is 12.4. The third kappa shape index (κ3) is 5.74. The third-order valence-corrected chi connectivity index (χ3v) is 6.77. The summed E-state index contributed by atoms with van der Waals surface area (Å²) in [6.07, 6.45) is 0. The first kappa shape index (κ1) is 24.2. The lowest BCUT2D eigenvalue weighted by Gasteiger charge is -2.36. The van der Waals surface area contributed by atoms with E-state index < -0.39 is 0 Å². The molecule has 0 atom stereocenters. The Hall–Kier alpha value is -2.97. The molecule has 1 saturated heterocycles. The number of anilines is 2. The molecular weight excluding hydrogens is 470 g/mol. The largest absolute Gasteiger partial charge is 0.495 e. The van der Waals surface area contributed by atoms with Crippen LogP contribution in [0.1, 0.15) is 15.9 Å². The van der Waals surface area contributed by atoms with Gasteiger partial charge in [0.2, 0.25) is 0 Å². The Morgan fingerprint density at radius 1 is 1.06 bits per heavy atom. The molecule has 0 radical (unpaired) electrons. The van der Waals surface area contributed by atoms with Crippen LogP contribution in [0.2, 0.25) is 5.15 Å². The number of halogens is 1. The molecule has 1 aliphatic heterocycles. The quantitative estimate of drug-likeness (QED) is 0.271. The molecule has 2 aromatic carbocycles. The van der Waals surface area contributed by atoms with E-state index in [4.69, 9.17) is 16.3 Å². The fourth-order valence-electron chi connectivity index (χ4n) is 3.85. The molecule has 0 saturated carbocycles. The molecule has 4 rings (SSSR count). The van der Waals surface area contributed by atoms with E-state index in [1.807, 2.05) is 66.4 Å². The van der Waals surface area contributed by atoms with Crippen LogP contribution in [-0.2, 0) is 5.75 Å². The lowest BCUT2D eigenvalue weighted by molar-refractivity contribution is 0.0746. The molecule has 1 fully saturated rings. The fourth-order valence-corrected chi connectivity index (χ4v) is 4.87. The van der Waals surface area contributed by atoms with Crippen LogP contribution >= 0.6 is 23.4 Å². The van der Waals surface area contributed by atoms with E-state index in [0.717, 1.165) is 35.9 Å². The first-order chi connectivity index (χ1) is 16.4. The lowest BCUT2D eigenvalue weighted by Crippen LogP contribution is -2.48. The van der Waals surface area contributed by atoms with Gasteiger partial charge in [-0.15, -0.1) is 0 Å². The van der Waals surface area contributed by atoms with Crippen LogP contribution in [-0.4, -0.2) is 68.2 Å². The summed E-state index contributed by atoms with van der Waals surface area (Å²) in [6, 6.07) is 17.5. The SMILES string of the molecule is COc1ccccc1N1CCN(C(=O)c2cccc(CSc3nc(Cl)cc(N(C)C)n3)c2)CC1. The molecule has 0 spiro atoms. The number of nitrogens with zero attached hydrogens (tertiary/aromatic N) is 5. The maximum Gasteiger partial charge on any atom is 0.253 e. The standard InChI is InChI=1S/C25H28ClN5O2S/c1-29(2)23-16-22(26)27-25(28-23)34-17-18-7-6-8-19(15-18)24(32)31-13-11-30(12-14-31)20-9-4-5-10-21(20)33-3/h4-10,15-16H,11-14,17H2,1-3H3. The van der Waals surface area contributed by atoms with E-state index in [2.05, 4.69) is 20.9 Å². The van der Waals surface area contributed by atoms with Crippen molar-refractivity contribution in [3.05, 3.63) is 70.9 Å². The second-order valence-electron chi connectivity index (χ2n) is 8.17. The van der Waals surface area contributed by atoms with Gasteiger partial charge in [-0.05, 0) is 29.8 Å². The smallest absolute Gasteiger partial charge is 0.253 e. The van der Waals surface area contributed by atoms with Crippen molar-refractivity contribution in [1.29, 1.82) is 0 Å². The molecule has 3 aromatic rings. The lowest BCUT2D eigenvalue weighted by atomic mass is 10.1. The van der Waals surface area contributed by atoms with Gasteiger partial charge < -0.3 is 19.4 Å². The van der Waals surface area contributed by atoms with Crippen LogP contribution in [0.3, 0.4) is 0 Å². The van der Waals surface area contributed by atoms with Crippen molar-refractivity contribution in [2.24, 2.45) is 0 Å². The number of benzene rings is 2. The second-order valence-corrected chi connectivity index (χ2v) is 9.50. The number of carbonyl (C=O) groups is 1. The summed E-state index contributed by atoms with van der Waals surface area (Å²) in [4.78, 5) is 28.1. The molecule has 0 bridgehead atoms. The molecule has 0 aliphatic carbocycles. The highest BCUT2D eigenvalue weighted by Gasteiger charge is 2.24. The number of hydrogen-bond acceptors (Lipinski definition) is 7. The van der Waals surface area contributed by atoms with Gasteiger partial charge >= 0.3 is 0 Å². The van der Waals surface area contributed by atoms with E-state index in [1.165, 1.54) is 11.8 Å². The average molecular weight is 498 g/mol. The maximum absolute atomic E-state index is 13.2. The second kappa shape index (κ2) is 11.0. The minimum atomic E-state index is 0.0560. The zero-order chi connectivity index (χ0) is 24.1. The van der Waals surface area contributed by atoms with Crippen LogP contribution < -0.4 is 14.5 Å². The van der Waals surface area contributed by atoms with Gasteiger partial charge in [0.25, 0.3) is 5.91 Å². The molecule has 1 amide bonds. The Bertz CT molecular complexity index is 1150. The number of para-hydroxylation sites is 2. The molecule has 0 N–H and O–H groups in total. The number of hydrogen-bond donors (Lipinski definition) is 0. The molecule has 9 heteroatoms. The molecule has 34 heavy (non-hydrogen) atoms. The Morgan fingerprint density at radius 3 is 2.56 bits per heavy atom. The van der Waals surface area contributed by atoms with Crippen molar-refractivity contribution in [3.63, 3.8) is 0 Å². The minimum Gasteiger partial charge on any atom is -0.495 e. The molecular formula is C25H28ClN5O2S. The monoisotopic (exact) mass is 497 g/mol. The summed E-state index contributed by atoms with van der Waals surface area (Å²) in [5.74, 6) is 2.32. The highest BCUT2D eigenvalue weighted by Crippen LogP contribution is 2.29. The van der Waals surface area contributed by atoms with E-state index in [0.29, 0.717) is 34.7 Å². The number of piperazine rings is 1. The van der Waals surface area contributed by atoms with Gasteiger partial charge in [-0.1, -0.05) is 47.6 Å². The Kier molecular flexibility index (Phi) is 7.80. The van der Waals surface area contributed by atoms with Gasteiger partial charge in [-0.25, -0.2) is 9.97 Å². The van der Waals surface area contributed by atoms with E-state index >= 15 is 0 Å². The van der Waals surface area contributed by atoms with Crippen LogP contribution in [0.4, 0.5) is 11.5 Å². The topological polar surface area (TPSA) is 61.8 Å². The van der Waals surface area contributed by atoms with E-state index in [9.17, 15) is 4.79 Å². The van der Waals surface area contributed by atoms with Crippen LogP contribution in [0, 0.1) is 0 Å². The predicted molar refractivity (Wildman–Crippen MR) is 138 cm³/mol. The van der Waals surface area contributed by atoms with Crippen LogP contribution in [0.25, 0.3) is 0 Å². The van der Waals surface area contributed by atoms with Crippen molar-refractivity contribution >= 4 is 40.8 Å². The van der Waals surface area contributed by atoms with Crippen molar-refractivity contribution in [2.45, 2.75) is 10.9 Å². The number of methoxy groups -OCH3 is 1. The van der Waals surface area contributed by atoms with Crippen molar-refractivity contribution in [3.8, 4) is 5.75 Å². The highest BCUT2D eigenvalue weighted by molar-refractivity contribution is 7.98. The Morgan fingerprint density at radius 2 is 1.82 bits per heavy atom. The summed E-state index contributed by atoms with van der Waals surface area (Å²) < 4.78 is 5.49. The summed E-state index contributed by atoms with van der Waals surface area (Å²) >= 11 is 7.64. The zero-order valence-corrected chi connectivity index (χ0v) is 21.1. The molecule has 7 nitrogen and oxygen atoms in total. The molecule has 2 heterocycles.